The van der Waals surface area contributed by atoms with Crippen molar-refractivity contribution in [1.82, 2.24) is 15.6 Å². The Morgan fingerprint density at radius 3 is 2.68 bits per heavy atom. The van der Waals surface area contributed by atoms with E-state index < -0.39 is 11.6 Å². The SMILES string of the molecule is CN=C(NCc1csc(N(C)C)n1)NC1CC1c1c(F)cccc1F. The first-order valence-electron chi connectivity index (χ1n) is 8.02. The number of hydrogen-bond acceptors (Lipinski definition) is 4. The molecule has 1 aliphatic rings. The molecule has 2 atom stereocenters. The zero-order chi connectivity index (χ0) is 18.0. The highest BCUT2D eigenvalue weighted by Gasteiger charge is 2.42. The third kappa shape index (κ3) is 4.07. The average molecular weight is 365 g/mol. The van der Waals surface area contributed by atoms with Gasteiger partial charge in [-0.15, -0.1) is 11.3 Å². The number of aliphatic imine (C=N–C) groups is 1. The van der Waals surface area contributed by atoms with E-state index in [0.717, 1.165) is 10.8 Å². The molecule has 0 amide bonds. The van der Waals surface area contributed by atoms with E-state index in [0.29, 0.717) is 18.9 Å². The Balaban J connectivity index is 1.55. The van der Waals surface area contributed by atoms with Gasteiger partial charge in [0.25, 0.3) is 0 Å². The lowest BCUT2D eigenvalue weighted by molar-refractivity contribution is 0.553. The second kappa shape index (κ2) is 7.35. The minimum atomic E-state index is -0.490. The van der Waals surface area contributed by atoms with Gasteiger partial charge in [-0.05, 0) is 18.6 Å². The van der Waals surface area contributed by atoms with Crippen LogP contribution in [-0.2, 0) is 6.54 Å². The lowest BCUT2D eigenvalue weighted by atomic mass is 10.1. The molecule has 0 aliphatic heterocycles. The Kier molecular flexibility index (Phi) is 5.17. The van der Waals surface area contributed by atoms with Crippen LogP contribution in [0.1, 0.15) is 23.6 Å². The first kappa shape index (κ1) is 17.6. The van der Waals surface area contributed by atoms with Crippen LogP contribution in [0.5, 0.6) is 0 Å². The van der Waals surface area contributed by atoms with Crippen LogP contribution < -0.4 is 15.5 Å². The maximum absolute atomic E-state index is 13.8. The van der Waals surface area contributed by atoms with Crippen LogP contribution in [0, 0.1) is 11.6 Å². The number of nitrogens with one attached hydrogen (secondary N) is 2. The van der Waals surface area contributed by atoms with Crippen molar-refractivity contribution in [3.05, 3.63) is 46.5 Å². The number of hydrogen-bond donors (Lipinski definition) is 2. The molecule has 0 radical (unpaired) electrons. The van der Waals surface area contributed by atoms with Crippen LogP contribution in [0.15, 0.2) is 28.6 Å². The first-order valence-corrected chi connectivity index (χ1v) is 8.90. The van der Waals surface area contributed by atoms with Gasteiger partial charge in [0.15, 0.2) is 11.1 Å². The van der Waals surface area contributed by atoms with Crippen LogP contribution in [-0.4, -0.2) is 38.1 Å². The number of benzene rings is 1. The van der Waals surface area contributed by atoms with E-state index in [9.17, 15) is 8.78 Å². The Morgan fingerprint density at radius 2 is 2.08 bits per heavy atom. The summed E-state index contributed by atoms with van der Waals surface area (Å²) in [7, 11) is 5.57. The van der Waals surface area contributed by atoms with Gasteiger partial charge < -0.3 is 15.5 Å². The fourth-order valence-electron chi connectivity index (χ4n) is 2.67. The molecule has 5 nitrogen and oxygen atoms in total. The number of nitrogens with zero attached hydrogens (tertiary/aromatic N) is 3. The quantitative estimate of drug-likeness (QED) is 0.632. The fraction of sp³-hybridized carbons (Fsp3) is 0.412. The summed E-state index contributed by atoms with van der Waals surface area (Å²) in [6.07, 6.45) is 0.681. The molecule has 1 saturated carbocycles. The molecule has 1 aromatic heterocycles. The number of guanidine groups is 1. The summed E-state index contributed by atoms with van der Waals surface area (Å²) in [5, 5.41) is 9.33. The molecule has 8 heteroatoms. The summed E-state index contributed by atoms with van der Waals surface area (Å²) in [5.41, 5.74) is 1.08. The van der Waals surface area contributed by atoms with Crippen molar-refractivity contribution < 1.29 is 8.78 Å². The highest BCUT2D eigenvalue weighted by atomic mass is 32.1. The van der Waals surface area contributed by atoms with Crippen molar-refractivity contribution >= 4 is 22.4 Å². The van der Waals surface area contributed by atoms with Crippen molar-refractivity contribution in [2.75, 3.05) is 26.0 Å². The van der Waals surface area contributed by atoms with E-state index in [1.807, 2.05) is 24.4 Å². The van der Waals surface area contributed by atoms with Gasteiger partial charge in [-0.25, -0.2) is 13.8 Å². The second-order valence-electron chi connectivity index (χ2n) is 6.17. The Hall–Kier alpha value is -2.22. The number of thiazole rings is 1. The third-order valence-electron chi connectivity index (χ3n) is 4.07. The number of anilines is 1. The molecule has 25 heavy (non-hydrogen) atoms. The van der Waals surface area contributed by atoms with Gasteiger partial charge in [-0.3, -0.25) is 4.99 Å². The Morgan fingerprint density at radius 1 is 1.36 bits per heavy atom. The minimum Gasteiger partial charge on any atom is -0.354 e. The summed E-state index contributed by atoms with van der Waals surface area (Å²) in [4.78, 5) is 10.6. The van der Waals surface area contributed by atoms with E-state index in [4.69, 9.17) is 0 Å². The number of aromatic nitrogens is 1. The monoisotopic (exact) mass is 365 g/mol. The smallest absolute Gasteiger partial charge is 0.191 e. The molecule has 1 aliphatic carbocycles. The standard InChI is InChI=1S/C17H21F2N5S/c1-20-16(21-8-10-9-25-17(22-10)24(2)3)23-14-7-11(14)15-12(18)5-4-6-13(15)19/h4-6,9,11,14H,7-8H2,1-3H3,(H2,20,21,23). The maximum atomic E-state index is 13.8. The van der Waals surface area contributed by atoms with Crippen LogP contribution in [0.25, 0.3) is 0 Å². The van der Waals surface area contributed by atoms with Crippen molar-refractivity contribution in [1.29, 1.82) is 0 Å². The molecule has 0 spiro atoms. The van der Waals surface area contributed by atoms with Gasteiger partial charge in [0.1, 0.15) is 11.6 Å². The number of rotatable bonds is 5. The van der Waals surface area contributed by atoms with Crippen molar-refractivity contribution in [3.8, 4) is 0 Å². The first-order chi connectivity index (χ1) is 12.0. The molecule has 2 unspecified atom stereocenters. The van der Waals surface area contributed by atoms with Gasteiger partial charge in [0.05, 0.1) is 12.2 Å². The summed E-state index contributed by atoms with van der Waals surface area (Å²) in [5.74, 6) is -0.546. The average Bonchev–Trinajstić information content (AvgIpc) is 3.14. The normalized spacial score (nSPS) is 19.6. The van der Waals surface area contributed by atoms with Gasteiger partial charge in [-0.2, -0.15) is 0 Å². The van der Waals surface area contributed by atoms with Crippen molar-refractivity contribution in [3.63, 3.8) is 0 Å². The molecule has 1 heterocycles. The lowest BCUT2D eigenvalue weighted by Gasteiger charge is -2.11. The largest absolute Gasteiger partial charge is 0.354 e. The molecular weight excluding hydrogens is 344 g/mol. The van der Waals surface area contributed by atoms with Crippen LogP contribution in [0.4, 0.5) is 13.9 Å². The maximum Gasteiger partial charge on any atom is 0.191 e. The number of halogens is 2. The zero-order valence-electron chi connectivity index (χ0n) is 14.4. The minimum absolute atomic E-state index is 0.0228. The van der Waals surface area contributed by atoms with E-state index in [1.165, 1.54) is 18.2 Å². The molecule has 2 N–H and O–H groups in total. The van der Waals surface area contributed by atoms with E-state index in [1.54, 1.807) is 18.4 Å². The Bertz CT molecular complexity index is 754. The topological polar surface area (TPSA) is 52.6 Å². The highest BCUT2D eigenvalue weighted by molar-refractivity contribution is 7.13. The molecule has 1 fully saturated rings. The molecule has 2 aromatic rings. The van der Waals surface area contributed by atoms with Gasteiger partial charge in [0, 0.05) is 44.0 Å². The van der Waals surface area contributed by atoms with Gasteiger partial charge in [-0.1, -0.05) is 6.07 Å². The predicted molar refractivity (Wildman–Crippen MR) is 97.3 cm³/mol. The van der Waals surface area contributed by atoms with Gasteiger partial charge in [0.2, 0.25) is 0 Å². The van der Waals surface area contributed by atoms with E-state index in [2.05, 4.69) is 20.6 Å². The van der Waals surface area contributed by atoms with Crippen LogP contribution >= 0.6 is 11.3 Å². The van der Waals surface area contributed by atoms with Crippen molar-refractivity contribution in [2.24, 2.45) is 4.99 Å². The second-order valence-corrected chi connectivity index (χ2v) is 7.01. The summed E-state index contributed by atoms with van der Waals surface area (Å²) < 4.78 is 27.7. The highest BCUT2D eigenvalue weighted by Crippen LogP contribution is 2.43. The van der Waals surface area contributed by atoms with E-state index in [-0.39, 0.29) is 17.5 Å². The predicted octanol–water partition coefficient (Wildman–Crippen LogP) is 2.71. The van der Waals surface area contributed by atoms with E-state index >= 15 is 0 Å². The molecule has 3 rings (SSSR count). The fourth-order valence-corrected chi connectivity index (χ4v) is 3.42. The Labute approximate surface area is 149 Å². The molecule has 0 saturated heterocycles. The van der Waals surface area contributed by atoms with Crippen molar-refractivity contribution in [2.45, 2.75) is 24.9 Å². The zero-order valence-corrected chi connectivity index (χ0v) is 15.2. The molecule has 134 valence electrons. The molecule has 1 aromatic carbocycles. The van der Waals surface area contributed by atoms with Crippen LogP contribution in [0.3, 0.4) is 0 Å². The lowest BCUT2D eigenvalue weighted by Crippen LogP contribution is -2.38. The summed E-state index contributed by atoms with van der Waals surface area (Å²) >= 11 is 1.58. The summed E-state index contributed by atoms with van der Waals surface area (Å²) in [6, 6.07) is 3.96. The molecular formula is C17H21F2N5S. The van der Waals surface area contributed by atoms with Gasteiger partial charge >= 0.3 is 0 Å². The molecule has 0 bridgehead atoms. The third-order valence-corrected chi connectivity index (χ3v) is 5.12. The summed E-state index contributed by atoms with van der Waals surface area (Å²) in [6.45, 7) is 0.537. The van der Waals surface area contributed by atoms with Crippen LogP contribution in [0.2, 0.25) is 0 Å².